The third-order valence-corrected chi connectivity index (χ3v) is 9.12. The number of amides is 2. The topological polar surface area (TPSA) is 151 Å². The number of nitrogens with one attached hydrogen (secondary N) is 2. The maximum absolute atomic E-state index is 13.9. The molecule has 2 amide bonds. The first-order chi connectivity index (χ1) is 17.8. The molecule has 14 heteroatoms. The number of thioether (sulfide) groups is 1. The van der Waals surface area contributed by atoms with Crippen LogP contribution in [-0.4, -0.2) is 89.2 Å². The average Bonchev–Trinajstić information content (AvgIpc) is 3.44. The monoisotopic (exact) mass is 567 g/mol. The molecule has 1 aromatic carbocycles. The van der Waals surface area contributed by atoms with Gasteiger partial charge in [0.15, 0.2) is 0 Å². The van der Waals surface area contributed by atoms with Gasteiger partial charge in [-0.1, -0.05) is 12.1 Å². The molecule has 1 saturated heterocycles. The van der Waals surface area contributed by atoms with Gasteiger partial charge in [-0.05, 0) is 45.4 Å². The van der Waals surface area contributed by atoms with Crippen LogP contribution in [0.1, 0.15) is 32.0 Å². The van der Waals surface area contributed by atoms with Crippen LogP contribution in [0.25, 0.3) is 0 Å². The van der Waals surface area contributed by atoms with Gasteiger partial charge in [-0.3, -0.25) is 15.2 Å². The maximum atomic E-state index is 13.9. The highest BCUT2D eigenvalue weighted by atomic mass is 32.2. The second-order valence-electron chi connectivity index (χ2n) is 9.60. The second kappa shape index (κ2) is 11.7. The van der Waals surface area contributed by atoms with Crippen LogP contribution in [0, 0.1) is 6.92 Å². The van der Waals surface area contributed by atoms with E-state index in [2.05, 4.69) is 15.5 Å². The number of hydrogen-bond acceptors (Lipinski definition) is 10. The summed E-state index contributed by atoms with van der Waals surface area (Å²) >= 11 is 1.27. The number of hydrogen-bond donors (Lipinski definition) is 2. The molecular weight excluding hydrogens is 534 g/mol. The van der Waals surface area contributed by atoms with Crippen LogP contribution in [-0.2, 0) is 30.8 Å². The minimum Gasteiger partial charge on any atom is -0.464 e. The SMILES string of the molecule is CCOC(=O)[C@H](Cc1ccc(OC(=O)N(C)C)cc1)N(C(=O)[C@H]1NC(C)(C)CS1)S(=O)(=O)c1cn[nH]c1C. The molecule has 0 bridgehead atoms. The lowest BCUT2D eigenvalue weighted by Gasteiger charge is -2.31. The molecule has 2 heterocycles. The molecular formula is C24H33N5O7S2. The Labute approximate surface area is 226 Å². The number of aromatic amines is 1. The molecule has 1 aromatic heterocycles. The normalized spacial score (nSPS) is 17.5. The summed E-state index contributed by atoms with van der Waals surface area (Å²) in [6, 6.07) is 4.74. The lowest BCUT2D eigenvalue weighted by atomic mass is 10.1. The summed E-state index contributed by atoms with van der Waals surface area (Å²) < 4.78 is 38.9. The Hall–Kier alpha value is -3.10. The molecule has 3 rings (SSSR count). The van der Waals surface area contributed by atoms with Crippen molar-refractivity contribution in [1.29, 1.82) is 0 Å². The lowest BCUT2D eigenvalue weighted by Crippen LogP contribution is -2.56. The predicted octanol–water partition coefficient (Wildman–Crippen LogP) is 1.91. The van der Waals surface area contributed by atoms with Gasteiger partial charge in [0.2, 0.25) is 0 Å². The first-order valence-electron chi connectivity index (χ1n) is 11.9. The summed E-state index contributed by atoms with van der Waals surface area (Å²) in [5.41, 5.74) is 0.340. The molecule has 1 aliphatic heterocycles. The van der Waals surface area contributed by atoms with Crippen molar-refractivity contribution in [2.24, 2.45) is 0 Å². The van der Waals surface area contributed by atoms with Crippen LogP contribution >= 0.6 is 11.8 Å². The van der Waals surface area contributed by atoms with Crippen LogP contribution in [0.5, 0.6) is 5.75 Å². The van der Waals surface area contributed by atoms with Crippen molar-refractivity contribution in [2.45, 2.75) is 56.0 Å². The lowest BCUT2D eigenvalue weighted by molar-refractivity contribution is -0.151. The first-order valence-corrected chi connectivity index (χ1v) is 14.4. The summed E-state index contributed by atoms with van der Waals surface area (Å²) in [5.74, 6) is -0.811. The molecule has 1 aliphatic rings. The van der Waals surface area contributed by atoms with E-state index in [0.29, 0.717) is 15.6 Å². The molecule has 208 valence electrons. The van der Waals surface area contributed by atoms with Crippen LogP contribution in [0.15, 0.2) is 35.4 Å². The van der Waals surface area contributed by atoms with E-state index >= 15 is 0 Å². The Bertz CT molecular complexity index is 1280. The number of nitrogens with zero attached hydrogens (tertiary/aromatic N) is 3. The molecule has 38 heavy (non-hydrogen) atoms. The summed E-state index contributed by atoms with van der Waals surface area (Å²) in [5, 5.41) is 8.63. The summed E-state index contributed by atoms with van der Waals surface area (Å²) in [6.07, 6.45) is 0.383. The number of aryl methyl sites for hydroxylation is 1. The molecule has 2 aromatic rings. The Morgan fingerprint density at radius 1 is 1.21 bits per heavy atom. The second-order valence-corrected chi connectivity index (χ2v) is 12.5. The highest BCUT2D eigenvalue weighted by molar-refractivity contribution is 8.01. The van der Waals surface area contributed by atoms with E-state index in [4.69, 9.17) is 9.47 Å². The predicted molar refractivity (Wildman–Crippen MR) is 141 cm³/mol. The van der Waals surface area contributed by atoms with Gasteiger partial charge in [0, 0.05) is 31.8 Å². The van der Waals surface area contributed by atoms with Crippen molar-refractivity contribution in [3.63, 3.8) is 0 Å². The van der Waals surface area contributed by atoms with Gasteiger partial charge in [-0.15, -0.1) is 11.8 Å². The number of rotatable bonds is 9. The third-order valence-electron chi connectivity index (χ3n) is 5.66. The Kier molecular flexibility index (Phi) is 9.10. The van der Waals surface area contributed by atoms with E-state index < -0.39 is 44.9 Å². The molecule has 0 radical (unpaired) electrons. The minimum atomic E-state index is -4.52. The minimum absolute atomic E-state index is 0.00889. The van der Waals surface area contributed by atoms with Crippen molar-refractivity contribution in [3.8, 4) is 5.75 Å². The smallest absolute Gasteiger partial charge is 0.414 e. The molecule has 1 fully saturated rings. The van der Waals surface area contributed by atoms with Crippen molar-refractivity contribution in [1.82, 2.24) is 24.7 Å². The van der Waals surface area contributed by atoms with Gasteiger partial charge in [-0.2, -0.15) is 5.10 Å². The van der Waals surface area contributed by atoms with E-state index in [-0.39, 0.29) is 29.4 Å². The molecule has 12 nitrogen and oxygen atoms in total. The van der Waals surface area contributed by atoms with Crippen LogP contribution in [0.3, 0.4) is 0 Å². The Balaban J connectivity index is 2.03. The van der Waals surface area contributed by atoms with Crippen LogP contribution in [0.4, 0.5) is 4.79 Å². The van der Waals surface area contributed by atoms with Gasteiger partial charge in [0.05, 0.1) is 18.5 Å². The average molecular weight is 568 g/mol. The highest BCUT2D eigenvalue weighted by Crippen LogP contribution is 2.31. The zero-order chi connectivity index (χ0) is 28.3. The number of esters is 1. The summed E-state index contributed by atoms with van der Waals surface area (Å²) in [4.78, 5) is 39.9. The first kappa shape index (κ1) is 29.5. The molecule has 0 unspecified atom stereocenters. The highest BCUT2D eigenvalue weighted by Gasteiger charge is 2.47. The molecule has 0 saturated carbocycles. The Morgan fingerprint density at radius 2 is 1.87 bits per heavy atom. The van der Waals surface area contributed by atoms with E-state index in [1.54, 1.807) is 33.2 Å². The van der Waals surface area contributed by atoms with E-state index in [1.165, 1.54) is 35.7 Å². The molecule has 0 aliphatic carbocycles. The zero-order valence-electron chi connectivity index (χ0n) is 22.2. The van der Waals surface area contributed by atoms with Gasteiger partial charge in [0.1, 0.15) is 22.1 Å². The number of carbonyl (C=O) groups excluding carboxylic acids is 3. The van der Waals surface area contributed by atoms with E-state index in [9.17, 15) is 22.8 Å². The van der Waals surface area contributed by atoms with Crippen LogP contribution in [0.2, 0.25) is 0 Å². The Morgan fingerprint density at radius 3 is 2.37 bits per heavy atom. The number of ether oxygens (including phenoxy) is 2. The van der Waals surface area contributed by atoms with Gasteiger partial charge in [0.25, 0.3) is 15.9 Å². The van der Waals surface area contributed by atoms with Crippen molar-refractivity contribution < 1.29 is 32.3 Å². The maximum Gasteiger partial charge on any atom is 0.414 e. The van der Waals surface area contributed by atoms with Crippen LogP contribution < -0.4 is 10.1 Å². The standard InChI is InChI=1S/C24H33N5O7S2/c1-7-35-22(31)18(12-16-8-10-17(11-9-16)36-23(32)28(5)6)29(21(30)20-26-24(3,4)14-37-20)38(33,34)19-13-25-27-15(19)2/h8-11,13,18,20,26H,7,12,14H2,1-6H3,(H,25,27)/t18-,20-/m0/s1. The summed E-state index contributed by atoms with van der Waals surface area (Å²) in [7, 11) is -1.42. The van der Waals surface area contributed by atoms with Gasteiger partial charge >= 0.3 is 12.1 Å². The third kappa shape index (κ3) is 6.66. The fourth-order valence-corrected chi connectivity index (χ4v) is 6.79. The number of H-pyrrole nitrogens is 1. The quantitative estimate of drug-likeness (QED) is 0.430. The fraction of sp³-hybridized carbons (Fsp3) is 0.500. The van der Waals surface area contributed by atoms with E-state index in [1.807, 2.05) is 13.8 Å². The van der Waals surface area contributed by atoms with Crippen molar-refractivity contribution in [3.05, 3.63) is 41.7 Å². The van der Waals surface area contributed by atoms with Gasteiger partial charge < -0.3 is 14.4 Å². The van der Waals surface area contributed by atoms with Gasteiger partial charge in [-0.25, -0.2) is 22.3 Å². The van der Waals surface area contributed by atoms with Crippen molar-refractivity contribution in [2.75, 3.05) is 26.5 Å². The number of aromatic nitrogens is 2. The van der Waals surface area contributed by atoms with Crippen molar-refractivity contribution >= 4 is 39.8 Å². The number of benzene rings is 1. The molecule has 2 N–H and O–H groups in total. The molecule has 0 spiro atoms. The molecule has 2 atom stereocenters. The number of sulfonamides is 1. The number of carbonyl (C=O) groups is 3. The van der Waals surface area contributed by atoms with E-state index in [0.717, 1.165) is 6.20 Å². The zero-order valence-corrected chi connectivity index (χ0v) is 23.8. The fourth-order valence-electron chi connectivity index (χ4n) is 3.73. The largest absolute Gasteiger partial charge is 0.464 e. The summed E-state index contributed by atoms with van der Waals surface area (Å²) in [6.45, 7) is 6.91.